The van der Waals surface area contributed by atoms with E-state index >= 15 is 0 Å². The van der Waals surface area contributed by atoms with E-state index < -0.39 is 12.5 Å². The molecule has 3 saturated heterocycles. The van der Waals surface area contributed by atoms with Gasteiger partial charge in [0.2, 0.25) is 0 Å². The van der Waals surface area contributed by atoms with Gasteiger partial charge < -0.3 is 19.7 Å². The number of aliphatic hydroxyl groups is 1. The molecular weight excluding hydrogens is 362 g/mol. The molecule has 3 aliphatic rings. The molecule has 2 aromatic heterocycles. The topological polar surface area (TPSA) is 74.4 Å². The van der Waals surface area contributed by atoms with Crippen LogP contribution in [0.1, 0.15) is 18.1 Å². The molecule has 0 amide bonds. The molecule has 6 rings (SSSR count). The quantitative estimate of drug-likeness (QED) is 0.727. The summed E-state index contributed by atoms with van der Waals surface area (Å²) in [6.07, 6.45) is -1.99. The van der Waals surface area contributed by atoms with Crippen LogP contribution < -0.4 is 10.2 Å². The Morgan fingerprint density at radius 2 is 2.08 bits per heavy atom. The van der Waals surface area contributed by atoms with E-state index in [1.807, 2.05) is 10.3 Å². The van der Waals surface area contributed by atoms with E-state index in [2.05, 4.69) is 15.3 Å². The molecule has 3 aliphatic heterocycles. The van der Waals surface area contributed by atoms with Gasteiger partial charge >= 0.3 is 0 Å². The van der Waals surface area contributed by atoms with Crippen molar-refractivity contribution in [3.63, 3.8) is 0 Å². The number of piperidine rings is 1. The Morgan fingerprint density at radius 3 is 2.73 bits per heavy atom. The average Bonchev–Trinajstić information content (AvgIpc) is 3.29. The van der Waals surface area contributed by atoms with Crippen LogP contribution in [0.5, 0.6) is 0 Å². The molecule has 0 aliphatic carbocycles. The largest absolute Gasteiger partial charge is 0.423 e. The zero-order valence-corrected chi connectivity index (χ0v) is 14.4. The van der Waals surface area contributed by atoms with Crippen LogP contribution in [0.25, 0.3) is 21.7 Å². The number of nitrogens with zero attached hydrogens (tertiary/aromatic N) is 3. The molecule has 2 N–H and O–H groups in total. The molecule has 136 valence electrons. The Balaban J connectivity index is 1.64. The minimum Gasteiger partial charge on any atom is -0.423 e. The second-order valence-electron chi connectivity index (χ2n) is 6.69. The number of halogens is 2. The minimum atomic E-state index is -2.89. The number of hydrogen-bond acceptors (Lipinski definition) is 7. The summed E-state index contributed by atoms with van der Waals surface area (Å²) in [6.45, 7) is 1.53. The number of alkyl halides is 2. The van der Waals surface area contributed by atoms with Gasteiger partial charge in [-0.1, -0.05) is 6.07 Å². The van der Waals surface area contributed by atoms with Crippen molar-refractivity contribution in [1.82, 2.24) is 15.3 Å². The maximum Gasteiger partial charge on any atom is 0.298 e. The number of thiazole rings is 1. The maximum atomic E-state index is 13.1. The van der Waals surface area contributed by atoms with E-state index in [9.17, 15) is 13.9 Å². The number of hydrogen-bond donors (Lipinski definition) is 2. The van der Waals surface area contributed by atoms with Crippen LogP contribution in [0.15, 0.2) is 28.1 Å². The summed E-state index contributed by atoms with van der Waals surface area (Å²) in [5.74, 6) is 0. The highest BCUT2D eigenvalue weighted by Gasteiger charge is 2.38. The van der Waals surface area contributed by atoms with E-state index in [4.69, 9.17) is 4.42 Å². The molecule has 26 heavy (non-hydrogen) atoms. The molecular formula is C17H16F2N4O2S. The fourth-order valence-corrected chi connectivity index (χ4v) is 4.38. The van der Waals surface area contributed by atoms with Crippen molar-refractivity contribution in [2.24, 2.45) is 0 Å². The molecule has 2 bridgehead atoms. The van der Waals surface area contributed by atoms with E-state index in [-0.39, 0.29) is 11.1 Å². The average molecular weight is 378 g/mol. The highest BCUT2D eigenvalue weighted by Crippen LogP contribution is 2.38. The van der Waals surface area contributed by atoms with Crippen LogP contribution in [0.4, 0.5) is 14.8 Å². The number of rotatable bonds is 4. The van der Waals surface area contributed by atoms with E-state index in [1.54, 1.807) is 12.3 Å². The lowest BCUT2D eigenvalue weighted by molar-refractivity contribution is -0.00503. The summed E-state index contributed by atoms with van der Waals surface area (Å²) in [7, 11) is 0. The van der Waals surface area contributed by atoms with Gasteiger partial charge in [-0.15, -0.1) is 11.3 Å². The molecule has 6 nitrogen and oxygen atoms in total. The lowest BCUT2D eigenvalue weighted by Gasteiger charge is -2.47. The lowest BCUT2D eigenvalue weighted by atomic mass is 9.92. The van der Waals surface area contributed by atoms with Gasteiger partial charge in [0.15, 0.2) is 5.58 Å². The van der Waals surface area contributed by atoms with Gasteiger partial charge in [0.25, 0.3) is 12.4 Å². The first-order chi connectivity index (χ1) is 12.6. The monoisotopic (exact) mass is 378 g/mol. The van der Waals surface area contributed by atoms with Crippen LogP contribution in [0.3, 0.4) is 0 Å². The SMILES string of the molecule is OC(c1ccc(-c2nccs2)c2oc(N3CC4CC(C3)N4)nc12)C(F)F. The fraction of sp³-hybridized carbons (Fsp3) is 0.412. The van der Waals surface area contributed by atoms with Crippen LogP contribution in [-0.4, -0.2) is 46.7 Å². The second kappa shape index (κ2) is 5.97. The third-order valence-corrected chi connectivity index (χ3v) is 5.78. The van der Waals surface area contributed by atoms with E-state index in [0.29, 0.717) is 29.2 Å². The standard InChI is InChI=1S/C17H16F2N4O2S/c18-15(19)13(24)10-1-2-11(16-20-3-4-26-16)14-12(10)22-17(25-14)23-6-8-5-9(7-23)21-8/h1-4,8-9,13,15,21,24H,5-7H2. The molecule has 3 fully saturated rings. The number of piperazine rings is 1. The molecule has 1 aromatic carbocycles. The highest BCUT2D eigenvalue weighted by molar-refractivity contribution is 7.13. The van der Waals surface area contributed by atoms with Crippen molar-refractivity contribution < 1.29 is 18.3 Å². The Bertz CT molecular complexity index is 930. The van der Waals surface area contributed by atoms with Gasteiger partial charge in [-0.3, -0.25) is 0 Å². The third-order valence-electron chi connectivity index (χ3n) is 4.98. The number of oxazole rings is 1. The maximum absolute atomic E-state index is 13.1. The second-order valence-corrected chi connectivity index (χ2v) is 7.59. The number of anilines is 1. The van der Waals surface area contributed by atoms with Crippen molar-refractivity contribution in [3.05, 3.63) is 29.3 Å². The zero-order chi connectivity index (χ0) is 17.8. The molecule has 3 unspecified atom stereocenters. The molecule has 0 saturated carbocycles. The lowest BCUT2D eigenvalue weighted by Crippen LogP contribution is -2.67. The smallest absolute Gasteiger partial charge is 0.298 e. The molecule has 9 heteroatoms. The van der Waals surface area contributed by atoms with Gasteiger partial charge in [0, 0.05) is 42.3 Å². The summed E-state index contributed by atoms with van der Waals surface area (Å²) < 4.78 is 32.2. The molecule has 5 heterocycles. The van der Waals surface area contributed by atoms with Gasteiger partial charge in [0.05, 0.1) is 5.56 Å². The third kappa shape index (κ3) is 2.50. The molecule has 0 spiro atoms. The number of benzene rings is 1. The summed E-state index contributed by atoms with van der Waals surface area (Å²) in [4.78, 5) is 10.8. The Morgan fingerprint density at radius 1 is 1.31 bits per heavy atom. The van der Waals surface area contributed by atoms with Gasteiger partial charge in [-0.2, -0.15) is 4.98 Å². The van der Waals surface area contributed by atoms with E-state index in [0.717, 1.165) is 24.5 Å². The highest BCUT2D eigenvalue weighted by atomic mass is 32.1. The van der Waals surface area contributed by atoms with E-state index in [1.165, 1.54) is 17.4 Å². The first-order valence-corrected chi connectivity index (χ1v) is 9.28. The summed E-state index contributed by atoms with van der Waals surface area (Å²) in [5, 5.41) is 15.9. The van der Waals surface area contributed by atoms with Crippen LogP contribution in [0, 0.1) is 0 Å². The van der Waals surface area contributed by atoms with Gasteiger partial charge in [-0.25, -0.2) is 13.8 Å². The van der Waals surface area contributed by atoms with Crippen LogP contribution >= 0.6 is 11.3 Å². The van der Waals surface area contributed by atoms with Crippen molar-refractivity contribution in [2.75, 3.05) is 18.0 Å². The first-order valence-electron chi connectivity index (χ1n) is 8.40. The number of aliphatic hydroxyl groups excluding tert-OH is 1. The number of aromatic nitrogens is 2. The summed E-state index contributed by atoms with van der Waals surface area (Å²) >= 11 is 1.43. The van der Waals surface area contributed by atoms with Gasteiger partial charge in [0.1, 0.15) is 16.6 Å². The van der Waals surface area contributed by atoms with Crippen molar-refractivity contribution >= 4 is 28.5 Å². The summed E-state index contributed by atoms with van der Waals surface area (Å²) in [6, 6.07) is 4.37. The Kier molecular flexibility index (Phi) is 3.70. The van der Waals surface area contributed by atoms with Crippen molar-refractivity contribution in [2.45, 2.75) is 31.0 Å². The Labute approximate surface area is 151 Å². The Hall–Kier alpha value is -2.10. The number of fused-ring (bicyclic) bond motifs is 3. The van der Waals surface area contributed by atoms with Crippen molar-refractivity contribution in [3.8, 4) is 10.6 Å². The zero-order valence-electron chi connectivity index (χ0n) is 13.6. The molecule has 0 radical (unpaired) electrons. The number of nitrogens with one attached hydrogen (secondary N) is 1. The van der Waals surface area contributed by atoms with Crippen molar-refractivity contribution in [1.29, 1.82) is 0 Å². The predicted molar refractivity (Wildman–Crippen MR) is 93.6 cm³/mol. The van der Waals surface area contributed by atoms with Crippen LogP contribution in [-0.2, 0) is 0 Å². The predicted octanol–water partition coefficient (Wildman–Crippen LogP) is 2.80. The molecule has 3 atom stereocenters. The fourth-order valence-electron chi connectivity index (χ4n) is 3.72. The summed E-state index contributed by atoms with van der Waals surface area (Å²) in [5.41, 5.74) is 1.43. The minimum absolute atomic E-state index is 0.0746. The van der Waals surface area contributed by atoms with Gasteiger partial charge in [-0.05, 0) is 12.5 Å². The molecule has 3 aromatic rings. The van der Waals surface area contributed by atoms with Crippen LogP contribution in [0.2, 0.25) is 0 Å². The normalized spacial score (nSPS) is 23.5. The first kappa shape index (κ1) is 16.1.